The third-order valence-corrected chi connectivity index (χ3v) is 3.39. The minimum absolute atomic E-state index is 0.205. The molecule has 3 nitrogen and oxygen atoms in total. The molecular weight excluding hydrogens is 284 g/mol. The van der Waals surface area contributed by atoms with Crippen LogP contribution in [0, 0.1) is 0 Å². The van der Waals surface area contributed by atoms with Gasteiger partial charge >= 0.3 is 0 Å². The lowest BCUT2D eigenvalue weighted by molar-refractivity contribution is 0.181. The number of aromatic amines is 1. The van der Waals surface area contributed by atoms with E-state index in [2.05, 4.69) is 4.98 Å². The van der Waals surface area contributed by atoms with E-state index in [4.69, 9.17) is 39.5 Å². The highest BCUT2D eigenvalue weighted by Gasteiger charge is 2.12. The first-order valence-electron chi connectivity index (χ1n) is 4.73. The number of pyridine rings is 1. The van der Waals surface area contributed by atoms with Crippen LogP contribution in [-0.2, 0) is 11.3 Å². The molecule has 0 spiro atoms. The van der Waals surface area contributed by atoms with Crippen molar-refractivity contribution in [2.45, 2.75) is 6.61 Å². The van der Waals surface area contributed by atoms with E-state index in [0.29, 0.717) is 28.2 Å². The zero-order valence-corrected chi connectivity index (χ0v) is 11.1. The van der Waals surface area contributed by atoms with E-state index in [0.717, 1.165) is 0 Å². The van der Waals surface area contributed by atoms with Crippen molar-refractivity contribution in [1.82, 2.24) is 4.98 Å². The van der Waals surface area contributed by atoms with Crippen molar-refractivity contribution >= 4 is 45.7 Å². The van der Waals surface area contributed by atoms with Gasteiger partial charge in [0.1, 0.15) is 0 Å². The van der Waals surface area contributed by atoms with Crippen molar-refractivity contribution in [2.24, 2.45) is 0 Å². The van der Waals surface area contributed by atoms with Crippen molar-refractivity contribution in [3.63, 3.8) is 0 Å². The van der Waals surface area contributed by atoms with Crippen molar-refractivity contribution < 1.29 is 4.74 Å². The Morgan fingerprint density at radius 2 is 1.94 bits per heavy atom. The summed E-state index contributed by atoms with van der Waals surface area (Å²) in [6, 6.07) is 2.92. The maximum absolute atomic E-state index is 11.9. The van der Waals surface area contributed by atoms with Crippen LogP contribution in [0.3, 0.4) is 0 Å². The number of rotatable bonds is 2. The zero-order chi connectivity index (χ0) is 12.6. The van der Waals surface area contributed by atoms with Crippen LogP contribution in [0.1, 0.15) is 5.69 Å². The van der Waals surface area contributed by atoms with Crippen LogP contribution >= 0.6 is 34.8 Å². The third kappa shape index (κ3) is 2.29. The Morgan fingerprint density at radius 3 is 2.59 bits per heavy atom. The fourth-order valence-corrected chi connectivity index (χ4v) is 2.36. The second-order valence-corrected chi connectivity index (χ2v) is 4.69. The molecule has 0 fully saturated rings. The van der Waals surface area contributed by atoms with E-state index < -0.39 is 0 Å². The SMILES string of the molecule is COCc1cc(=O)c2c(Cl)c(Cl)cc(Cl)c2[nH]1. The number of nitrogens with one attached hydrogen (secondary N) is 1. The van der Waals surface area contributed by atoms with Gasteiger partial charge in [-0.25, -0.2) is 0 Å². The molecule has 6 heteroatoms. The normalized spacial score (nSPS) is 11.1. The first kappa shape index (κ1) is 12.7. The topological polar surface area (TPSA) is 42.1 Å². The second kappa shape index (κ2) is 4.86. The Bertz CT molecular complexity index is 637. The molecule has 1 aromatic carbocycles. The lowest BCUT2D eigenvalue weighted by Crippen LogP contribution is -2.07. The van der Waals surface area contributed by atoms with Gasteiger partial charge in [-0.2, -0.15) is 0 Å². The van der Waals surface area contributed by atoms with Gasteiger partial charge in [0, 0.05) is 18.9 Å². The molecule has 1 heterocycles. The standard InChI is InChI=1S/C11H8Cl3NO2/c1-17-4-5-2-8(16)9-10(14)6(12)3-7(13)11(9)15-5/h2-3H,4H2,1H3,(H,15,16). The van der Waals surface area contributed by atoms with Crippen molar-refractivity contribution in [3.05, 3.63) is 43.1 Å². The van der Waals surface area contributed by atoms with E-state index in [9.17, 15) is 4.79 Å². The van der Waals surface area contributed by atoms with E-state index >= 15 is 0 Å². The van der Waals surface area contributed by atoms with Crippen LogP contribution in [0.4, 0.5) is 0 Å². The molecule has 2 rings (SSSR count). The average molecular weight is 293 g/mol. The maximum Gasteiger partial charge on any atom is 0.191 e. The van der Waals surface area contributed by atoms with Gasteiger partial charge < -0.3 is 9.72 Å². The summed E-state index contributed by atoms with van der Waals surface area (Å²) in [5.41, 5.74) is 0.867. The van der Waals surface area contributed by atoms with Gasteiger partial charge in [-0.3, -0.25) is 4.79 Å². The van der Waals surface area contributed by atoms with E-state index in [1.165, 1.54) is 12.1 Å². The van der Waals surface area contributed by atoms with Gasteiger partial charge in [-0.05, 0) is 6.07 Å². The van der Waals surface area contributed by atoms with Crippen molar-refractivity contribution in [2.75, 3.05) is 7.11 Å². The largest absolute Gasteiger partial charge is 0.378 e. The molecule has 0 unspecified atom stereocenters. The zero-order valence-electron chi connectivity index (χ0n) is 8.81. The van der Waals surface area contributed by atoms with Crippen LogP contribution in [0.2, 0.25) is 15.1 Å². The van der Waals surface area contributed by atoms with Gasteiger partial charge in [0.2, 0.25) is 0 Å². The molecule has 0 aliphatic heterocycles. The fourth-order valence-electron chi connectivity index (χ4n) is 1.61. The molecule has 0 aliphatic rings. The number of hydrogen-bond donors (Lipinski definition) is 1. The highest BCUT2D eigenvalue weighted by atomic mass is 35.5. The Labute approximate surface area is 112 Å². The molecule has 0 aliphatic carbocycles. The Morgan fingerprint density at radius 1 is 1.24 bits per heavy atom. The predicted octanol–water partition coefficient (Wildman–Crippen LogP) is 3.63. The number of halogens is 3. The molecule has 1 N–H and O–H groups in total. The molecule has 0 amide bonds. The molecule has 0 bridgehead atoms. The number of ether oxygens (including phenoxy) is 1. The van der Waals surface area contributed by atoms with Crippen LogP contribution in [-0.4, -0.2) is 12.1 Å². The Kier molecular flexibility index (Phi) is 3.64. The van der Waals surface area contributed by atoms with E-state index in [1.807, 2.05) is 0 Å². The summed E-state index contributed by atoms with van der Waals surface area (Å²) in [6.45, 7) is 0.293. The highest BCUT2D eigenvalue weighted by Crippen LogP contribution is 2.33. The number of aromatic nitrogens is 1. The molecule has 0 saturated heterocycles. The molecule has 1 aromatic heterocycles. The van der Waals surface area contributed by atoms with Gasteiger partial charge in [-0.15, -0.1) is 0 Å². The number of methoxy groups -OCH3 is 1. The molecule has 0 radical (unpaired) electrons. The predicted molar refractivity (Wildman–Crippen MR) is 70.3 cm³/mol. The summed E-state index contributed by atoms with van der Waals surface area (Å²) < 4.78 is 4.95. The fraction of sp³-hybridized carbons (Fsp3) is 0.182. The van der Waals surface area contributed by atoms with Crippen molar-refractivity contribution in [1.29, 1.82) is 0 Å². The summed E-state index contributed by atoms with van der Waals surface area (Å²) in [7, 11) is 1.54. The Balaban J connectivity index is 2.86. The van der Waals surface area contributed by atoms with E-state index in [-0.39, 0.29) is 15.5 Å². The smallest absolute Gasteiger partial charge is 0.191 e. The Hall–Kier alpha value is -0.740. The quantitative estimate of drug-likeness (QED) is 0.859. The van der Waals surface area contributed by atoms with Crippen molar-refractivity contribution in [3.8, 4) is 0 Å². The summed E-state index contributed by atoms with van der Waals surface area (Å²) >= 11 is 17.9. The summed E-state index contributed by atoms with van der Waals surface area (Å²) in [5.74, 6) is 0. The number of benzene rings is 1. The van der Waals surface area contributed by atoms with Crippen LogP contribution < -0.4 is 5.43 Å². The van der Waals surface area contributed by atoms with Crippen LogP contribution in [0.25, 0.3) is 10.9 Å². The van der Waals surface area contributed by atoms with Gasteiger partial charge in [0.25, 0.3) is 0 Å². The van der Waals surface area contributed by atoms with Crippen LogP contribution in [0.5, 0.6) is 0 Å². The molecular formula is C11H8Cl3NO2. The summed E-state index contributed by atoms with van der Waals surface area (Å²) in [4.78, 5) is 14.9. The average Bonchev–Trinajstić information content (AvgIpc) is 2.26. The second-order valence-electron chi connectivity index (χ2n) is 3.50. The lowest BCUT2D eigenvalue weighted by atomic mass is 10.2. The number of hydrogen-bond acceptors (Lipinski definition) is 2. The summed E-state index contributed by atoms with van der Waals surface area (Å²) in [6.07, 6.45) is 0. The number of H-pyrrole nitrogens is 1. The molecule has 17 heavy (non-hydrogen) atoms. The number of fused-ring (bicyclic) bond motifs is 1. The summed E-state index contributed by atoms with van der Waals surface area (Å²) in [5, 5.41) is 1.11. The van der Waals surface area contributed by atoms with Gasteiger partial charge in [0.15, 0.2) is 5.43 Å². The third-order valence-electron chi connectivity index (χ3n) is 2.31. The minimum atomic E-state index is -0.236. The lowest BCUT2D eigenvalue weighted by Gasteiger charge is -2.07. The van der Waals surface area contributed by atoms with E-state index in [1.54, 1.807) is 7.11 Å². The van der Waals surface area contributed by atoms with Gasteiger partial charge in [0.05, 0.1) is 32.6 Å². The minimum Gasteiger partial charge on any atom is -0.378 e. The first-order chi connectivity index (χ1) is 8.04. The van der Waals surface area contributed by atoms with Gasteiger partial charge in [-0.1, -0.05) is 34.8 Å². The first-order valence-corrected chi connectivity index (χ1v) is 5.86. The monoisotopic (exact) mass is 291 g/mol. The molecule has 0 saturated carbocycles. The maximum atomic E-state index is 11.9. The molecule has 0 atom stereocenters. The molecule has 90 valence electrons. The highest BCUT2D eigenvalue weighted by molar-refractivity contribution is 6.47. The van der Waals surface area contributed by atoms with Crippen LogP contribution in [0.15, 0.2) is 16.9 Å². The molecule has 2 aromatic rings.